The highest BCUT2D eigenvalue weighted by Crippen LogP contribution is 2.26. The molecular formula is C15H18O. The van der Waals surface area contributed by atoms with Crippen molar-refractivity contribution in [2.75, 3.05) is 0 Å². The summed E-state index contributed by atoms with van der Waals surface area (Å²) in [7, 11) is 0. The molecule has 84 valence electrons. The van der Waals surface area contributed by atoms with Gasteiger partial charge in [0.05, 0.1) is 0 Å². The van der Waals surface area contributed by atoms with E-state index in [1.165, 1.54) is 16.7 Å². The molecule has 0 atom stereocenters. The van der Waals surface area contributed by atoms with Crippen molar-refractivity contribution >= 4 is 11.4 Å². The quantitative estimate of drug-likeness (QED) is 0.751. The van der Waals surface area contributed by atoms with E-state index in [9.17, 15) is 4.79 Å². The minimum absolute atomic E-state index is 0.268. The fourth-order valence-electron chi connectivity index (χ4n) is 2.19. The summed E-state index contributed by atoms with van der Waals surface area (Å²) in [5.74, 6) is 0.943. The molecule has 1 aliphatic rings. The zero-order valence-electron chi connectivity index (χ0n) is 9.99. The second-order valence-electron chi connectivity index (χ2n) is 4.93. The Hall–Kier alpha value is -1.37. The molecular weight excluding hydrogens is 196 g/mol. The first-order chi connectivity index (χ1) is 7.65. The Morgan fingerprint density at radius 3 is 2.69 bits per heavy atom. The van der Waals surface area contributed by atoms with E-state index in [4.69, 9.17) is 0 Å². The molecule has 0 N–H and O–H groups in total. The van der Waals surface area contributed by atoms with Crippen LogP contribution in [0, 0.1) is 5.92 Å². The number of hydrogen-bond acceptors (Lipinski definition) is 1. The summed E-state index contributed by atoms with van der Waals surface area (Å²) in [4.78, 5) is 11.2. The second kappa shape index (κ2) is 4.65. The molecule has 0 fully saturated rings. The first kappa shape index (κ1) is 11.1. The summed E-state index contributed by atoms with van der Waals surface area (Å²) in [6, 6.07) is 8.59. The molecule has 0 amide bonds. The van der Waals surface area contributed by atoms with Crippen molar-refractivity contribution in [1.29, 1.82) is 0 Å². The van der Waals surface area contributed by atoms with Crippen LogP contribution in [0.15, 0.2) is 30.3 Å². The van der Waals surface area contributed by atoms with Gasteiger partial charge < -0.3 is 0 Å². The first-order valence-corrected chi connectivity index (χ1v) is 5.98. The molecule has 1 aliphatic carbocycles. The average molecular weight is 214 g/mol. The smallest absolute Gasteiger partial charge is 0.156 e. The third kappa shape index (κ3) is 2.60. The minimum Gasteiger partial charge on any atom is -0.295 e. The van der Waals surface area contributed by atoms with Crippen LogP contribution in [0.4, 0.5) is 0 Å². The third-order valence-electron chi connectivity index (χ3n) is 2.92. The van der Waals surface area contributed by atoms with Gasteiger partial charge in [-0.15, -0.1) is 0 Å². The molecule has 1 nitrogen and oxygen atoms in total. The monoisotopic (exact) mass is 214 g/mol. The van der Waals surface area contributed by atoms with Gasteiger partial charge in [0.1, 0.15) is 0 Å². The van der Waals surface area contributed by atoms with Crippen LogP contribution in [0.5, 0.6) is 0 Å². The molecule has 0 aliphatic heterocycles. The van der Waals surface area contributed by atoms with E-state index in [-0.39, 0.29) is 5.78 Å². The van der Waals surface area contributed by atoms with Crippen LogP contribution in [-0.2, 0) is 11.2 Å². The van der Waals surface area contributed by atoms with Gasteiger partial charge in [0, 0.05) is 6.42 Å². The Morgan fingerprint density at radius 2 is 2.06 bits per heavy atom. The normalized spacial score (nSPS) is 15.7. The van der Waals surface area contributed by atoms with Gasteiger partial charge in [-0.2, -0.15) is 0 Å². The molecule has 0 spiro atoms. The molecule has 16 heavy (non-hydrogen) atoms. The van der Waals surface area contributed by atoms with Crippen LogP contribution in [0.2, 0.25) is 0 Å². The van der Waals surface area contributed by atoms with Gasteiger partial charge in [-0.3, -0.25) is 4.79 Å². The van der Waals surface area contributed by atoms with Crippen LogP contribution in [0.3, 0.4) is 0 Å². The lowest BCUT2D eigenvalue weighted by Crippen LogP contribution is -1.94. The van der Waals surface area contributed by atoms with Crippen molar-refractivity contribution in [3.05, 3.63) is 41.5 Å². The molecule has 0 saturated carbocycles. The Morgan fingerprint density at radius 1 is 1.25 bits per heavy atom. The maximum Gasteiger partial charge on any atom is 0.156 e. The second-order valence-corrected chi connectivity index (χ2v) is 4.93. The van der Waals surface area contributed by atoms with Crippen molar-refractivity contribution in [2.45, 2.75) is 33.1 Å². The number of ketones is 1. The van der Waals surface area contributed by atoms with Crippen LogP contribution < -0.4 is 0 Å². The molecule has 0 heterocycles. The fourth-order valence-corrected chi connectivity index (χ4v) is 2.19. The highest BCUT2D eigenvalue weighted by atomic mass is 16.1. The van der Waals surface area contributed by atoms with Gasteiger partial charge in [0.15, 0.2) is 5.78 Å². The summed E-state index contributed by atoms with van der Waals surface area (Å²) >= 11 is 0. The van der Waals surface area contributed by atoms with Crippen LogP contribution >= 0.6 is 0 Å². The Labute approximate surface area is 97.2 Å². The number of benzene rings is 1. The van der Waals surface area contributed by atoms with E-state index in [1.807, 2.05) is 0 Å². The van der Waals surface area contributed by atoms with E-state index >= 15 is 0 Å². The van der Waals surface area contributed by atoms with Crippen LogP contribution in [0.25, 0.3) is 5.57 Å². The molecule has 0 bridgehead atoms. The number of hydrogen-bond donors (Lipinski definition) is 0. The van der Waals surface area contributed by atoms with Gasteiger partial charge in [-0.1, -0.05) is 38.1 Å². The lowest BCUT2D eigenvalue weighted by Gasteiger charge is -2.07. The fraction of sp³-hybridized carbons (Fsp3) is 0.400. The van der Waals surface area contributed by atoms with E-state index in [0.717, 1.165) is 12.8 Å². The summed E-state index contributed by atoms with van der Waals surface area (Å²) in [5, 5.41) is 0. The van der Waals surface area contributed by atoms with Crippen molar-refractivity contribution in [3.8, 4) is 0 Å². The highest BCUT2D eigenvalue weighted by molar-refractivity contribution is 6.01. The molecule has 2 rings (SSSR count). The van der Waals surface area contributed by atoms with E-state index in [2.05, 4.69) is 38.1 Å². The molecule has 0 saturated heterocycles. The van der Waals surface area contributed by atoms with Crippen molar-refractivity contribution in [1.82, 2.24) is 0 Å². The van der Waals surface area contributed by atoms with Crippen molar-refractivity contribution in [2.24, 2.45) is 5.92 Å². The number of carbonyl (C=O) groups is 1. The summed E-state index contributed by atoms with van der Waals surface area (Å²) in [5.41, 5.74) is 3.80. The maximum atomic E-state index is 11.2. The predicted molar refractivity (Wildman–Crippen MR) is 67.2 cm³/mol. The Bertz CT molecular complexity index is 427. The van der Waals surface area contributed by atoms with E-state index in [0.29, 0.717) is 12.3 Å². The molecule has 0 unspecified atom stereocenters. The Balaban J connectivity index is 2.22. The zero-order valence-corrected chi connectivity index (χ0v) is 9.99. The third-order valence-corrected chi connectivity index (χ3v) is 2.92. The summed E-state index contributed by atoms with van der Waals surface area (Å²) < 4.78 is 0. The number of carbonyl (C=O) groups excluding carboxylic acids is 1. The topological polar surface area (TPSA) is 17.1 Å². The lowest BCUT2D eigenvalue weighted by atomic mass is 9.98. The van der Waals surface area contributed by atoms with Crippen molar-refractivity contribution in [3.63, 3.8) is 0 Å². The average Bonchev–Trinajstić information content (AvgIpc) is 2.64. The molecule has 0 aromatic heterocycles. The number of rotatable bonds is 3. The van der Waals surface area contributed by atoms with Gasteiger partial charge in [0.25, 0.3) is 0 Å². The lowest BCUT2D eigenvalue weighted by molar-refractivity contribution is -0.114. The van der Waals surface area contributed by atoms with Gasteiger partial charge in [0.2, 0.25) is 0 Å². The van der Waals surface area contributed by atoms with Gasteiger partial charge in [-0.05, 0) is 41.5 Å². The van der Waals surface area contributed by atoms with Crippen LogP contribution in [-0.4, -0.2) is 5.78 Å². The van der Waals surface area contributed by atoms with E-state index < -0.39 is 0 Å². The molecule has 1 aromatic carbocycles. The zero-order chi connectivity index (χ0) is 11.5. The summed E-state index contributed by atoms with van der Waals surface area (Å²) in [6.07, 6.45) is 4.50. The van der Waals surface area contributed by atoms with Crippen molar-refractivity contribution < 1.29 is 4.79 Å². The SMILES string of the molecule is CC(C)Cc1cccc(C2=CC(=O)CC2)c1. The first-order valence-electron chi connectivity index (χ1n) is 5.98. The Kier molecular flexibility index (Phi) is 3.23. The molecule has 0 radical (unpaired) electrons. The standard InChI is InChI=1S/C15H18O/c1-11(2)8-12-4-3-5-13(9-12)14-6-7-15(16)10-14/h3-5,9-11H,6-8H2,1-2H3. The van der Waals surface area contributed by atoms with Gasteiger partial charge >= 0.3 is 0 Å². The molecule has 1 heteroatoms. The largest absolute Gasteiger partial charge is 0.295 e. The minimum atomic E-state index is 0.268. The predicted octanol–water partition coefficient (Wildman–Crippen LogP) is 3.63. The van der Waals surface area contributed by atoms with Crippen LogP contribution in [0.1, 0.15) is 37.8 Å². The van der Waals surface area contributed by atoms with Gasteiger partial charge in [-0.25, -0.2) is 0 Å². The number of allylic oxidation sites excluding steroid dienone is 2. The maximum absolute atomic E-state index is 11.2. The highest BCUT2D eigenvalue weighted by Gasteiger charge is 2.13. The molecule has 1 aromatic rings. The summed E-state index contributed by atoms with van der Waals surface area (Å²) in [6.45, 7) is 4.45. The van der Waals surface area contributed by atoms with E-state index in [1.54, 1.807) is 6.08 Å².